The molecule has 8 nitrogen and oxygen atoms in total. The van der Waals surface area contributed by atoms with Crippen molar-refractivity contribution >= 4 is 35.3 Å². The van der Waals surface area contributed by atoms with E-state index in [1.54, 1.807) is 4.58 Å². The highest BCUT2D eigenvalue weighted by Gasteiger charge is 2.55. The lowest BCUT2D eigenvalue weighted by Crippen LogP contribution is -2.54. The van der Waals surface area contributed by atoms with Gasteiger partial charge in [0.05, 0.1) is 13.1 Å². The Hall–Kier alpha value is -2.38. The normalized spacial score (nSPS) is 30.5. The van der Waals surface area contributed by atoms with Gasteiger partial charge in [-0.1, -0.05) is 18.8 Å². The molecule has 0 aromatic rings. The van der Waals surface area contributed by atoms with E-state index in [0.29, 0.717) is 36.9 Å². The Morgan fingerprint density at radius 2 is 1.73 bits per heavy atom. The second-order valence-corrected chi connectivity index (χ2v) is 9.28. The number of hydrogen-bond acceptors (Lipinski definition) is 5. The highest BCUT2D eigenvalue weighted by molar-refractivity contribution is 6.70. The number of aliphatic imine (C=N–C) groups is 2. The lowest BCUT2D eigenvalue weighted by atomic mass is 9.52. The van der Waals surface area contributed by atoms with Crippen molar-refractivity contribution in [2.45, 2.75) is 78.1 Å². The molecule has 3 saturated carbocycles. The first kappa shape index (κ1) is 20.9. The molecule has 2 aliphatic heterocycles. The second-order valence-electron chi connectivity index (χ2n) is 9.28. The molecule has 1 N–H and O–H groups in total. The SMILES string of the molecule is CCCN1C(=O)C2=NC(C34CCC(CCC(=O)O)(CC3)CC4)=NC2=[N+](CCC)C1=O. The first-order valence-corrected chi connectivity index (χ1v) is 11.2. The van der Waals surface area contributed by atoms with E-state index in [9.17, 15) is 14.4 Å². The van der Waals surface area contributed by atoms with Crippen molar-refractivity contribution in [3.05, 3.63) is 0 Å². The molecule has 30 heavy (non-hydrogen) atoms. The average Bonchev–Trinajstić information content (AvgIpc) is 3.20. The summed E-state index contributed by atoms with van der Waals surface area (Å²) in [5, 5.41) is 9.08. The molecule has 3 aliphatic carbocycles. The standard InChI is InChI=1S/C22H30N4O4/c1-3-13-25-17-16(18(29)26(14-4-2)20(25)30)23-19(24-17)22-10-7-21(8-11-22,9-12-22)6-5-15(27)28/h3-14H2,1-2H3/p+1. The minimum atomic E-state index is -0.727. The third kappa shape index (κ3) is 3.30. The summed E-state index contributed by atoms with van der Waals surface area (Å²) in [5.74, 6) is 0.0768. The highest BCUT2D eigenvalue weighted by atomic mass is 16.4. The molecule has 8 heteroatoms. The van der Waals surface area contributed by atoms with Crippen LogP contribution in [0.4, 0.5) is 4.79 Å². The van der Waals surface area contributed by atoms with Crippen LogP contribution in [0.15, 0.2) is 9.98 Å². The van der Waals surface area contributed by atoms with Crippen LogP contribution in [0.2, 0.25) is 0 Å². The summed E-state index contributed by atoms with van der Waals surface area (Å²) in [7, 11) is 0. The predicted molar refractivity (Wildman–Crippen MR) is 112 cm³/mol. The maximum atomic E-state index is 13.0. The average molecular weight is 416 g/mol. The van der Waals surface area contributed by atoms with Crippen LogP contribution in [0.5, 0.6) is 0 Å². The minimum Gasteiger partial charge on any atom is -0.481 e. The first-order valence-electron chi connectivity index (χ1n) is 11.2. The van der Waals surface area contributed by atoms with Gasteiger partial charge in [0, 0.05) is 11.8 Å². The molecule has 2 heterocycles. The minimum absolute atomic E-state index is 0.129. The predicted octanol–water partition coefficient (Wildman–Crippen LogP) is 3.24. The smallest absolute Gasteiger partial charge is 0.446 e. The van der Waals surface area contributed by atoms with Gasteiger partial charge in [0.1, 0.15) is 0 Å². The van der Waals surface area contributed by atoms with Gasteiger partial charge >= 0.3 is 23.7 Å². The van der Waals surface area contributed by atoms with Crippen molar-refractivity contribution in [2.24, 2.45) is 20.8 Å². The van der Waals surface area contributed by atoms with Crippen LogP contribution in [-0.4, -0.2) is 63.0 Å². The summed E-state index contributed by atoms with van der Waals surface area (Å²) in [4.78, 5) is 47.7. The molecule has 3 amide bonds. The Morgan fingerprint density at radius 1 is 1.07 bits per heavy atom. The van der Waals surface area contributed by atoms with Crippen LogP contribution in [0, 0.1) is 10.8 Å². The number of rotatable bonds is 8. The number of carbonyl (C=O) groups is 3. The molecular formula is C22H31N4O4+. The van der Waals surface area contributed by atoms with Crippen LogP contribution in [0.3, 0.4) is 0 Å². The number of carbonyl (C=O) groups excluding carboxylic acids is 2. The third-order valence-corrected chi connectivity index (χ3v) is 7.45. The number of fused-ring (bicyclic) bond motifs is 4. The summed E-state index contributed by atoms with van der Waals surface area (Å²) >= 11 is 0. The zero-order chi connectivity index (χ0) is 21.5. The monoisotopic (exact) mass is 415 g/mol. The van der Waals surface area contributed by atoms with Crippen molar-refractivity contribution in [1.29, 1.82) is 0 Å². The Balaban J connectivity index is 1.62. The fourth-order valence-corrected chi connectivity index (χ4v) is 5.55. The summed E-state index contributed by atoms with van der Waals surface area (Å²) < 4.78 is 1.61. The van der Waals surface area contributed by atoms with E-state index in [4.69, 9.17) is 15.1 Å². The lowest BCUT2D eigenvalue weighted by Gasteiger charge is -2.52. The molecule has 0 aromatic carbocycles. The van der Waals surface area contributed by atoms with Crippen molar-refractivity contribution in [2.75, 3.05) is 13.1 Å². The number of aliphatic carboxylic acids is 1. The lowest BCUT2D eigenvalue weighted by molar-refractivity contribution is -0.435. The molecule has 2 bridgehead atoms. The first-order chi connectivity index (χ1) is 14.3. The van der Waals surface area contributed by atoms with E-state index in [1.807, 2.05) is 13.8 Å². The number of nitrogens with zero attached hydrogens (tertiary/aromatic N) is 4. The summed E-state index contributed by atoms with van der Waals surface area (Å²) in [5.41, 5.74) is 0.290. The van der Waals surface area contributed by atoms with Gasteiger partial charge in [0.25, 0.3) is 0 Å². The maximum Gasteiger partial charge on any atom is 0.446 e. The summed E-state index contributed by atoms with van der Waals surface area (Å²) in [6, 6.07) is -0.292. The summed E-state index contributed by atoms with van der Waals surface area (Å²) in [6.45, 7) is 4.85. The fourth-order valence-electron chi connectivity index (χ4n) is 5.55. The number of carboxylic acids is 1. The zero-order valence-electron chi connectivity index (χ0n) is 17.9. The quantitative estimate of drug-likeness (QED) is 0.615. The van der Waals surface area contributed by atoms with Crippen molar-refractivity contribution < 1.29 is 24.1 Å². The molecule has 0 unspecified atom stereocenters. The number of hydrogen-bond donors (Lipinski definition) is 1. The van der Waals surface area contributed by atoms with Crippen molar-refractivity contribution in [1.82, 2.24) is 4.90 Å². The largest absolute Gasteiger partial charge is 0.481 e. The molecular weight excluding hydrogens is 384 g/mol. The van der Waals surface area contributed by atoms with Gasteiger partial charge in [-0.2, -0.15) is 9.48 Å². The number of carboxylic acid groups (broad SMARTS) is 1. The third-order valence-electron chi connectivity index (χ3n) is 7.45. The van der Waals surface area contributed by atoms with Gasteiger partial charge in [0.2, 0.25) is 11.5 Å². The van der Waals surface area contributed by atoms with E-state index >= 15 is 0 Å². The summed E-state index contributed by atoms with van der Waals surface area (Å²) in [6.07, 6.45) is 8.14. The Morgan fingerprint density at radius 3 is 2.30 bits per heavy atom. The number of amides is 3. The van der Waals surface area contributed by atoms with E-state index in [0.717, 1.165) is 51.4 Å². The molecule has 0 radical (unpaired) electrons. The van der Waals surface area contributed by atoms with Crippen molar-refractivity contribution in [3.63, 3.8) is 0 Å². The van der Waals surface area contributed by atoms with Gasteiger partial charge in [-0.15, -0.1) is 0 Å². The van der Waals surface area contributed by atoms with Crippen LogP contribution in [0.1, 0.15) is 78.1 Å². The van der Waals surface area contributed by atoms with E-state index in [1.165, 1.54) is 4.90 Å². The van der Waals surface area contributed by atoms with E-state index < -0.39 is 5.97 Å². The van der Waals surface area contributed by atoms with Crippen molar-refractivity contribution in [3.8, 4) is 0 Å². The maximum absolute atomic E-state index is 13.0. The molecule has 5 aliphatic rings. The van der Waals surface area contributed by atoms with Crippen LogP contribution in [-0.2, 0) is 9.59 Å². The number of amidine groups is 2. The molecule has 3 fully saturated rings. The van der Waals surface area contributed by atoms with E-state index in [2.05, 4.69) is 0 Å². The van der Waals surface area contributed by atoms with E-state index in [-0.39, 0.29) is 29.2 Å². The Bertz CT molecular complexity index is 861. The molecule has 162 valence electrons. The van der Waals surface area contributed by atoms with Gasteiger partial charge in [-0.05, 0) is 63.2 Å². The Labute approximate surface area is 176 Å². The molecule has 0 saturated heterocycles. The molecule has 5 rings (SSSR count). The van der Waals surface area contributed by atoms with Crippen LogP contribution in [0.25, 0.3) is 0 Å². The second kappa shape index (κ2) is 7.71. The molecule has 0 atom stereocenters. The number of imide groups is 1. The Kier molecular flexibility index (Phi) is 5.36. The number of urea groups is 1. The molecule has 0 spiro atoms. The van der Waals surface area contributed by atoms with Gasteiger partial charge in [-0.3, -0.25) is 4.79 Å². The van der Waals surface area contributed by atoms with Crippen LogP contribution < -0.4 is 0 Å². The highest BCUT2D eigenvalue weighted by Crippen LogP contribution is 2.59. The van der Waals surface area contributed by atoms with Gasteiger partial charge < -0.3 is 5.11 Å². The zero-order valence-corrected chi connectivity index (χ0v) is 17.9. The van der Waals surface area contributed by atoms with Gasteiger partial charge in [0.15, 0.2) is 0 Å². The van der Waals surface area contributed by atoms with Crippen LogP contribution >= 0.6 is 0 Å². The topological polar surface area (TPSA) is 102 Å². The van der Waals surface area contributed by atoms with Gasteiger partial charge in [-0.25, -0.2) is 14.6 Å². The fraction of sp³-hybridized carbons (Fsp3) is 0.727. The molecule has 0 aromatic heterocycles.